The molecule has 6 aliphatic heterocycles. The number of ketones is 3. The second-order valence-electron chi connectivity index (χ2n) is 32.2. The number of nitrogens with one attached hydrogen (secondary N) is 5. The van der Waals surface area contributed by atoms with Crippen molar-refractivity contribution in [1.29, 1.82) is 0 Å². The molecule has 6 aromatic rings. The van der Waals surface area contributed by atoms with Crippen molar-refractivity contribution < 1.29 is 121 Å². The first-order chi connectivity index (χ1) is 56.8. The molecule has 4 saturated carbocycles. The van der Waals surface area contributed by atoms with Gasteiger partial charge in [-0.15, -0.1) is 0 Å². The van der Waals surface area contributed by atoms with Gasteiger partial charge >= 0.3 is 0 Å². The predicted molar refractivity (Wildman–Crippen MR) is 426 cm³/mol. The van der Waals surface area contributed by atoms with Crippen LogP contribution in [0.25, 0.3) is 11.1 Å². The van der Waals surface area contributed by atoms with E-state index in [0.29, 0.717) is 38.1 Å². The van der Waals surface area contributed by atoms with E-state index in [4.69, 9.17) is 62.1 Å². The van der Waals surface area contributed by atoms with Gasteiger partial charge in [0.1, 0.15) is 102 Å². The third-order valence-electron chi connectivity index (χ3n) is 23.7. The van der Waals surface area contributed by atoms with Crippen molar-refractivity contribution >= 4 is 80.1 Å². The smallest absolute Gasteiger partial charge is 0.264 e. The highest BCUT2D eigenvalue weighted by Gasteiger charge is 2.51. The van der Waals surface area contributed by atoms with Crippen LogP contribution in [-0.2, 0) is 62.6 Å². The van der Waals surface area contributed by atoms with Crippen LogP contribution >= 0.6 is 23.2 Å². The first-order valence-electron chi connectivity index (χ1n) is 40.0. The molecule has 0 spiro atoms. The Labute approximate surface area is 695 Å². The Hall–Kier alpha value is -9.55. The summed E-state index contributed by atoms with van der Waals surface area (Å²) in [6.07, 6.45) is -11.8. The zero-order chi connectivity index (χ0) is 85.2. The third-order valence-corrected chi connectivity index (χ3v) is 25.6. The maximum atomic E-state index is 16.6. The normalized spacial score (nSPS) is 27.7. The van der Waals surface area contributed by atoms with Gasteiger partial charge in [0.2, 0.25) is 41.6 Å². The Kier molecular flexibility index (Phi) is 27.3. The van der Waals surface area contributed by atoms with E-state index in [1.54, 1.807) is 6.92 Å². The molecule has 119 heavy (non-hydrogen) atoms. The van der Waals surface area contributed by atoms with Crippen LogP contribution in [-0.4, -0.2) is 179 Å². The van der Waals surface area contributed by atoms with Crippen LogP contribution in [0.4, 0.5) is 0 Å². The molecule has 5 fully saturated rings. The van der Waals surface area contributed by atoms with Gasteiger partial charge in [-0.05, 0) is 194 Å². The zero-order valence-electron chi connectivity index (χ0n) is 65.6. The van der Waals surface area contributed by atoms with Gasteiger partial charge < -0.3 is 101 Å². The van der Waals surface area contributed by atoms with Crippen molar-refractivity contribution in [2.45, 2.75) is 176 Å². The number of carbonyl (C=O) groups excluding carboxylic acids is 8. The van der Waals surface area contributed by atoms with Crippen LogP contribution in [0, 0.1) is 47.3 Å². The number of phenolic OH excluding ortho intramolecular Hbond substituents is 3. The number of rotatable bonds is 23. The second kappa shape index (κ2) is 37.2. The first-order valence-corrected chi connectivity index (χ1v) is 42.2. The molecule has 0 radical (unpaired) electrons. The summed E-state index contributed by atoms with van der Waals surface area (Å²) in [5.74, 6) is -16.6. The lowest BCUT2D eigenvalue weighted by atomic mass is 9.51. The average Bonchev–Trinajstić information content (AvgIpc) is 0.738. The molecular formula is C85H98Cl2N6O25S. The number of aliphatic hydroxyl groups is 5. The monoisotopic (exact) mass is 1700 g/mol. The lowest BCUT2D eigenvalue weighted by Gasteiger charge is -2.54. The van der Waals surface area contributed by atoms with E-state index in [9.17, 15) is 58.9 Å². The van der Waals surface area contributed by atoms with Crippen molar-refractivity contribution in [3.8, 4) is 62.9 Å². The van der Waals surface area contributed by atoms with E-state index in [-0.39, 0.29) is 110 Å². The number of amides is 5. The Morgan fingerprint density at radius 1 is 0.639 bits per heavy atom. The fourth-order valence-corrected chi connectivity index (χ4v) is 19.3. The molecule has 5 amide bonds. The van der Waals surface area contributed by atoms with Gasteiger partial charge in [-0.2, -0.15) is 0 Å². The number of phenols is 3. The molecular weight excluding hydrogens is 1610 g/mol. The molecule has 0 aromatic heterocycles. The number of fused-ring (bicyclic) bond motifs is 15. The number of halogens is 2. The minimum Gasteiger partial charge on any atom is -0.508 e. The van der Waals surface area contributed by atoms with Crippen molar-refractivity contribution in [3.05, 3.63) is 141 Å². The van der Waals surface area contributed by atoms with Crippen LogP contribution in [0.1, 0.15) is 156 Å². The fraction of sp³-hybridized carbons (Fsp3) is 0.482. The van der Waals surface area contributed by atoms with Gasteiger partial charge in [0.25, 0.3) is 10.0 Å². The lowest BCUT2D eigenvalue weighted by Crippen LogP contribution is -2.60. The van der Waals surface area contributed by atoms with Crippen LogP contribution in [0.2, 0.25) is 10.0 Å². The Balaban J connectivity index is 0.976. The molecule has 4 aliphatic carbocycles. The van der Waals surface area contributed by atoms with Crippen LogP contribution in [0.3, 0.4) is 0 Å². The highest BCUT2D eigenvalue weighted by atomic mass is 35.5. The molecule has 16 rings (SSSR count). The molecule has 0 unspecified atom stereocenters. The summed E-state index contributed by atoms with van der Waals surface area (Å²) < 4.78 is 72.8. The number of hydrogen-bond acceptors (Lipinski definition) is 26. The number of benzene rings is 6. The minimum absolute atomic E-state index is 0.0616. The lowest BCUT2D eigenvalue weighted by molar-refractivity contribution is -0.270. The van der Waals surface area contributed by atoms with Gasteiger partial charge in [-0.25, -0.2) is 13.1 Å². The minimum atomic E-state index is -4.88. The van der Waals surface area contributed by atoms with Crippen molar-refractivity contribution in [2.75, 3.05) is 39.6 Å². The summed E-state index contributed by atoms with van der Waals surface area (Å²) in [5, 5.41) is 105. The quantitative estimate of drug-likeness (QED) is 0.0274. The number of carbonyl (C=O) groups is 8. The maximum absolute atomic E-state index is 16.6. The molecule has 34 heteroatoms. The van der Waals surface area contributed by atoms with E-state index in [0.717, 1.165) is 80.6 Å². The average molecular weight is 1710 g/mol. The SMILES string of the molecule is CCOCCOCCOc1ccc(S(=O)(=O)NC(=O)C[C@@H]2CC(=O)[C@H](NC(=O)[C@H](CC)CC(C)C)[C@H](O)c3ccc(c(Cl)c3)Oc3cc4cc(c3O[C@@H]3O[C@H](CN)[C@@H](O)[C@H](O)[C@H]3O)Oc3ccc(cc3Cl)[C@@H](O)[C@@H]3NC(=O)[C@H](CC(=O)[C@@H]4NC2=O)c2ccc(O)c(c2)-c2c(O)cc(O)cc2[C@@H](C(=O)CC2C4CC5CC(C4)CC2C5)NC3=O)cc1. The predicted octanol–water partition coefficient (Wildman–Crippen LogP) is 7.65. The standard InChI is InChI=1S/C85H98Cl2N6O25S/c1-5-42(21-39(3)4)81(106)91-73-61(97)30-49(33-69(100)93-119(110,111)52-12-10-51(11-13-52)114-20-19-113-18-17-112-6-2)82(107)89-71-48-31-66(115-64-15-8-44(75(73)101)28-57(64)86)80(118-85-79(105)78(104)77(103)68(38-88)117-85)67(32-48)116-65-16-9-45(29-58(65)87)76(102)74-84(109)90-72(63(99)36-53-46-23-40-22-41(25-46)26-47(53)24-40)56-34-50(94)35-60(96)70(56)55-27-43(7-14-59(55)95)54(37-62(71)98)83(108)92-74/h7-16,27-29,31-32,34-35,39-42,46-47,49,53-54,68,71-79,85,94-96,101-105H,5-6,17-26,30,33,36-38,88H2,1-4H3,(H,89,107)(H,90,109)(H,91,106)(H,92,108)(H,93,100)/t40?,41?,42-,46?,47?,49+,53?,54-,68-,71-,72+,73+,74+,75-,76-,77-,78+,79-,85+/m1/s1. The van der Waals surface area contributed by atoms with E-state index < -0.39 is 213 Å². The Morgan fingerprint density at radius 2 is 1.27 bits per heavy atom. The van der Waals surface area contributed by atoms with Gasteiger partial charge in [0.15, 0.2) is 28.8 Å². The zero-order valence-corrected chi connectivity index (χ0v) is 68.0. The van der Waals surface area contributed by atoms with E-state index in [1.165, 1.54) is 54.6 Å². The molecule has 31 nitrogen and oxygen atoms in total. The van der Waals surface area contributed by atoms with Crippen LogP contribution in [0.5, 0.6) is 51.7 Å². The van der Waals surface area contributed by atoms with Crippen LogP contribution < -0.4 is 50.7 Å². The van der Waals surface area contributed by atoms with E-state index in [2.05, 4.69) is 21.3 Å². The summed E-state index contributed by atoms with van der Waals surface area (Å²) in [5.41, 5.74) is 4.28. The molecule has 6 aromatic carbocycles. The van der Waals surface area contributed by atoms with Gasteiger partial charge in [0, 0.05) is 61.9 Å². The largest absolute Gasteiger partial charge is 0.508 e. The highest BCUT2D eigenvalue weighted by molar-refractivity contribution is 7.90. The number of hydrogen-bond donors (Lipinski definition) is 14. The van der Waals surface area contributed by atoms with Gasteiger partial charge in [0.05, 0.1) is 46.6 Å². The number of aromatic hydroxyl groups is 3. The van der Waals surface area contributed by atoms with Crippen molar-refractivity contribution in [2.24, 2.45) is 53.1 Å². The van der Waals surface area contributed by atoms with E-state index >= 15 is 28.8 Å². The molecule has 1 saturated heterocycles. The second-order valence-corrected chi connectivity index (χ2v) is 34.7. The number of sulfonamides is 1. The number of Topliss-reactive ketones (excluding diaryl/α,β-unsaturated/α-hetero) is 3. The Morgan fingerprint density at radius 3 is 1.89 bits per heavy atom. The summed E-state index contributed by atoms with van der Waals surface area (Å²) in [6.45, 7) is 8.19. The summed E-state index contributed by atoms with van der Waals surface area (Å²) in [6, 6.07) is 11.7. The molecule has 14 atom stereocenters. The first kappa shape index (κ1) is 87.3. The maximum Gasteiger partial charge on any atom is 0.264 e. The number of aliphatic hydroxyl groups excluding tert-OH is 5. The van der Waals surface area contributed by atoms with Crippen molar-refractivity contribution in [1.82, 2.24) is 26.0 Å². The summed E-state index contributed by atoms with van der Waals surface area (Å²) in [4.78, 5) is 124. The number of nitrogens with two attached hydrogens (primary N) is 1. The molecule has 10 aliphatic rings. The highest BCUT2D eigenvalue weighted by Crippen LogP contribution is 2.58. The Bertz CT molecular complexity index is 4930. The van der Waals surface area contributed by atoms with E-state index in [1.807, 2.05) is 25.5 Å². The van der Waals surface area contributed by atoms with Crippen molar-refractivity contribution in [3.63, 3.8) is 0 Å². The molecule has 15 bridgehead atoms. The molecule has 6 heterocycles. The summed E-state index contributed by atoms with van der Waals surface area (Å²) >= 11 is 14.3. The van der Waals surface area contributed by atoms with Gasteiger partial charge in [-0.3, -0.25) is 38.4 Å². The number of ether oxygens (including phenoxy) is 7. The summed E-state index contributed by atoms with van der Waals surface area (Å²) in [7, 11) is -4.88. The molecule has 15 N–H and O–H groups in total. The fourth-order valence-electron chi connectivity index (χ4n) is 17.8. The van der Waals surface area contributed by atoms with Gasteiger partial charge in [-0.1, -0.05) is 62.2 Å². The topological polar surface area (TPSA) is 483 Å². The third kappa shape index (κ3) is 19.4. The molecule has 638 valence electrons. The van der Waals surface area contributed by atoms with Crippen LogP contribution in [0.15, 0.2) is 108 Å².